The summed E-state index contributed by atoms with van der Waals surface area (Å²) < 4.78 is 26.7. The van der Waals surface area contributed by atoms with Gasteiger partial charge in [0.1, 0.15) is 22.8 Å². The molecule has 0 saturated carbocycles. The molecule has 10 heteroatoms. The number of methoxy groups -OCH3 is 1. The second kappa shape index (κ2) is 7.89. The van der Waals surface area contributed by atoms with Gasteiger partial charge in [0.2, 0.25) is 11.7 Å². The summed E-state index contributed by atoms with van der Waals surface area (Å²) in [5.74, 6) is 0.730. The summed E-state index contributed by atoms with van der Waals surface area (Å²) in [6.07, 6.45) is 0. The van der Waals surface area contributed by atoms with Gasteiger partial charge in [-0.2, -0.15) is 4.98 Å². The number of fused-ring (bicyclic) bond motifs is 1. The fourth-order valence-corrected chi connectivity index (χ4v) is 4.22. The fraction of sp³-hybridized carbons (Fsp3) is 0.0909. The molecule has 0 radical (unpaired) electrons. The lowest BCUT2D eigenvalue weighted by Gasteiger charge is -2.10. The molecule has 0 fully saturated rings. The van der Waals surface area contributed by atoms with Gasteiger partial charge in [0.25, 0.3) is 5.56 Å². The number of hydrogen-bond donors (Lipinski definition) is 0. The summed E-state index contributed by atoms with van der Waals surface area (Å²) >= 11 is 1.22. The van der Waals surface area contributed by atoms with E-state index in [2.05, 4.69) is 10.1 Å². The molecule has 0 aliphatic heterocycles. The monoisotopic (exact) mass is 450 g/mol. The highest BCUT2D eigenvalue weighted by atomic mass is 32.1. The Labute approximate surface area is 183 Å². The number of benzene rings is 2. The van der Waals surface area contributed by atoms with Gasteiger partial charge in [0.15, 0.2) is 0 Å². The Bertz CT molecular complexity index is 1550. The Kier molecular flexibility index (Phi) is 4.91. The number of ether oxygens (including phenoxy) is 1. The van der Waals surface area contributed by atoms with Crippen molar-refractivity contribution in [2.24, 2.45) is 0 Å². The second-order valence-electron chi connectivity index (χ2n) is 6.86. The van der Waals surface area contributed by atoms with Crippen LogP contribution in [0.25, 0.3) is 27.3 Å². The van der Waals surface area contributed by atoms with Crippen LogP contribution in [0, 0.1) is 5.82 Å². The smallest absolute Gasteiger partial charge is 0.336 e. The van der Waals surface area contributed by atoms with E-state index >= 15 is 0 Å². The van der Waals surface area contributed by atoms with Gasteiger partial charge in [0.05, 0.1) is 18.3 Å². The van der Waals surface area contributed by atoms with Crippen molar-refractivity contribution >= 4 is 21.6 Å². The summed E-state index contributed by atoms with van der Waals surface area (Å²) in [5, 5.41) is 5.73. The van der Waals surface area contributed by atoms with Gasteiger partial charge in [-0.25, -0.2) is 13.8 Å². The van der Waals surface area contributed by atoms with Crippen molar-refractivity contribution in [3.8, 4) is 22.8 Å². The van der Waals surface area contributed by atoms with Crippen LogP contribution >= 0.6 is 11.3 Å². The van der Waals surface area contributed by atoms with E-state index in [1.54, 1.807) is 30.7 Å². The molecule has 8 nitrogen and oxygen atoms in total. The minimum absolute atomic E-state index is 0.0372. The van der Waals surface area contributed by atoms with E-state index in [-0.39, 0.29) is 18.1 Å². The predicted molar refractivity (Wildman–Crippen MR) is 117 cm³/mol. The first kappa shape index (κ1) is 19.9. The number of halogens is 1. The van der Waals surface area contributed by atoms with Gasteiger partial charge in [-0.15, -0.1) is 11.3 Å². The zero-order chi connectivity index (χ0) is 22.2. The van der Waals surface area contributed by atoms with Crippen LogP contribution in [0.3, 0.4) is 0 Å². The first-order chi connectivity index (χ1) is 15.5. The summed E-state index contributed by atoms with van der Waals surface area (Å²) in [7, 11) is 1.56. The lowest BCUT2D eigenvalue weighted by atomic mass is 10.2. The summed E-state index contributed by atoms with van der Waals surface area (Å²) in [5.41, 5.74) is 0.375. The van der Waals surface area contributed by atoms with E-state index in [4.69, 9.17) is 9.26 Å². The third-order valence-corrected chi connectivity index (χ3v) is 5.82. The third-order valence-electron chi connectivity index (χ3n) is 4.93. The minimum atomic E-state index is -0.589. The molecule has 0 N–H and O–H groups in total. The molecule has 0 aliphatic rings. The van der Waals surface area contributed by atoms with Crippen LogP contribution < -0.4 is 16.0 Å². The Morgan fingerprint density at radius 1 is 1.12 bits per heavy atom. The summed E-state index contributed by atoms with van der Waals surface area (Å²) in [4.78, 5) is 30.6. The van der Waals surface area contributed by atoms with Crippen LogP contribution in [0.5, 0.6) is 5.75 Å². The van der Waals surface area contributed by atoms with Crippen LogP contribution in [0.1, 0.15) is 5.89 Å². The zero-order valence-corrected chi connectivity index (χ0v) is 17.5. The molecule has 32 heavy (non-hydrogen) atoms. The van der Waals surface area contributed by atoms with Crippen LogP contribution in [0.2, 0.25) is 0 Å². The number of rotatable bonds is 5. The molecule has 0 atom stereocenters. The van der Waals surface area contributed by atoms with E-state index in [1.165, 1.54) is 40.2 Å². The van der Waals surface area contributed by atoms with Crippen molar-refractivity contribution in [3.05, 3.63) is 92.5 Å². The third kappa shape index (κ3) is 3.40. The Balaban J connectivity index is 1.60. The van der Waals surface area contributed by atoms with Gasteiger partial charge in [-0.3, -0.25) is 9.36 Å². The first-order valence-corrected chi connectivity index (χ1v) is 10.4. The zero-order valence-electron chi connectivity index (χ0n) is 16.7. The van der Waals surface area contributed by atoms with Crippen molar-refractivity contribution in [1.82, 2.24) is 19.3 Å². The molecule has 5 rings (SSSR count). The fourth-order valence-electron chi connectivity index (χ4n) is 3.39. The number of thiophene rings is 1. The SMILES string of the molecule is COc1cccc(-c2noc(Cn3c(=O)n(-c4ccc(F)cc4)c(=O)c4sccc43)n2)c1. The molecule has 160 valence electrons. The molecule has 2 aromatic carbocycles. The van der Waals surface area contributed by atoms with Crippen LogP contribution in [-0.2, 0) is 6.54 Å². The van der Waals surface area contributed by atoms with Crippen molar-refractivity contribution in [1.29, 1.82) is 0 Å². The predicted octanol–water partition coefficient (Wildman–Crippen LogP) is 3.46. The quantitative estimate of drug-likeness (QED) is 0.407. The van der Waals surface area contributed by atoms with E-state index in [0.29, 0.717) is 27.4 Å². The van der Waals surface area contributed by atoms with Crippen molar-refractivity contribution in [2.45, 2.75) is 6.54 Å². The highest BCUT2D eigenvalue weighted by molar-refractivity contribution is 7.17. The number of aromatic nitrogens is 4. The summed E-state index contributed by atoms with van der Waals surface area (Å²) in [6.45, 7) is -0.0372. The lowest BCUT2D eigenvalue weighted by molar-refractivity contribution is 0.370. The maximum Gasteiger partial charge on any atom is 0.336 e. The second-order valence-corrected chi connectivity index (χ2v) is 7.78. The molecule has 3 aromatic heterocycles. The minimum Gasteiger partial charge on any atom is -0.497 e. The normalized spacial score (nSPS) is 11.2. The summed E-state index contributed by atoms with van der Waals surface area (Å²) in [6, 6.07) is 14.0. The Morgan fingerprint density at radius 3 is 2.72 bits per heavy atom. The Hall–Kier alpha value is -4.05. The largest absolute Gasteiger partial charge is 0.497 e. The molecule has 0 bridgehead atoms. The maximum absolute atomic E-state index is 13.4. The van der Waals surface area contributed by atoms with Crippen LogP contribution in [0.4, 0.5) is 4.39 Å². The van der Waals surface area contributed by atoms with Gasteiger partial charge >= 0.3 is 5.69 Å². The van der Waals surface area contributed by atoms with Gasteiger partial charge < -0.3 is 9.26 Å². The number of nitrogens with zero attached hydrogens (tertiary/aromatic N) is 4. The molecule has 3 heterocycles. The average molecular weight is 450 g/mol. The molecular formula is C22H15FN4O4S. The molecule has 0 spiro atoms. The highest BCUT2D eigenvalue weighted by Crippen LogP contribution is 2.22. The van der Waals surface area contributed by atoms with E-state index in [1.807, 2.05) is 12.1 Å². The average Bonchev–Trinajstić information content (AvgIpc) is 3.48. The van der Waals surface area contributed by atoms with Crippen LogP contribution in [-0.4, -0.2) is 26.4 Å². The van der Waals surface area contributed by atoms with Gasteiger partial charge in [0, 0.05) is 5.56 Å². The van der Waals surface area contributed by atoms with Crippen molar-refractivity contribution in [2.75, 3.05) is 7.11 Å². The van der Waals surface area contributed by atoms with Gasteiger partial charge in [-0.05, 0) is 47.8 Å². The van der Waals surface area contributed by atoms with E-state index in [0.717, 1.165) is 4.57 Å². The van der Waals surface area contributed by atoms with Crippen molar-refractivity contribution in [3.63, 3.8) is 0 Å². The molecular weight excluding hydrogens is 435 g/mol. The Morgan fingerprint density at radius 2 is 1.94 bits per heavy atom. The molecule has 0 amide bonds. The molecule has 0 unspecified atom stereocenters. The van der Waals surface area contributed by atoms with Crippen molar-refractivity contribution < 1.29 is 13.7 Å². The topological polar surface area (TPSA) is 92.2 Å². The van der Waals surface area contributed by atoms with Crippen LogP contribution in [0.15, 0.2) is 74.1 Å². The first-order valence-electron chi connectivity index (χ1n) is 9.51. The highest BCUT2D eigenvalue weighted by Gasteiger charge is 2.18. The molecule has 0 aliphatic carbocycles. The van der Waals surface area contributed by atoms with E-state index < -0.39 is 17.1 Å². The lowest BCUT2D eigenvalue weighted by Crippen LogP contribution is -2.38. The maximum atomic E-state index is 13.4. The van der Waals surface area contributed by atoms with Gasteiger partial charge in [-0.1, -0.05) is 17.3 Å². The molecule has 5 aromatic rings. The standard InChI is InChI=1S/C22H15FN4O4S/c1-30-16-4-2-3-13(11-16)20-24-18(31-25-20)12-26-17-9-10-32-19(17)21(28)27(22(26)29)15-7-5-14(23)6-8-15/h2-11H,12H2,1H3. The van der Waals surface area contributed by atoms with E-state index in [9.17, 15) is 14.0 Å². The molecule has 0 saturated heterocycles. The number of hydrogen-bond acceptors (Lipinski definition) is 7.